The van der Waals surface area contributed by atoms with Crippen LogP contribution in [0.15, 0.2) is 0 Å². The summed E-state index contributed by atoms with van der Waals surface area (Å²) in [5.41, 5.74) is 0. The van der Waals surface area contributed by atoms with Crippen molar-refractivity contribution in [2.75, 3.05) is 6.54 Å². The van der Waals surface area contributed by atoms with Crippen molar-refractivity contribution in [3.8, 4) is 0 Å². The van der Waals surface area contributed by atoms with E-state index in [-0.39, 0.29) is 0 Å². The van der Waals surface area contributed by atoms with Crippen molar-refractivity contribution in [3.05, 3.63) is 0 Å². The van der Waals surface area contributed by atoms with Crippen molar-refractivity contribution >= 4 is 0 Å². The van der Waals surface area contributed by atoms with E-state index in [1.807, 2.05) is 0 Å². The second-order valence-electron chi connectivity index (χ2n) is 3.52. The fourth-order valence-corrected chi connectivity index (χ4v) is 0.856. The molecule has 0 aliphatic heterocycles. The Hall–Kier alpha value is -0.600. The summed E-state index contributed by atoms with van der Waals surface area (Å²) in [6, 6.07) is 0. The molecule has 0 saturated heterocycles. The van der Waals surface area contributed by atoms with Crippen LogP contribution in [0.2, 0.25) is 0 Å². The number of alkyl halides is 6. The molecule has 9 heteroatoms. The van der Waals surface area contributed by atoms with Crippen LogP contribution in [0.25, 0.3) is 0 Å². The third-order valence-corrected chi connectivity index (χ3v) is 1.92. The van der Waals surface area contributed by atoms with Gasteiger partial charge >= 0.3 is 17.8 Å². The normalized spacial score (nSPS) is 15.0. The molecule has 0 radical (unpaired) electrons. The molecule has 0 aliphatic rings. The van der Waals surface area contributed by atoms with E-state index in [1.165, 1.54) is 0 Å². The lowest BCUT2D eigenvalue weighted by atomic mass is 9.95. The minimum Gasteiger partial charge on any atom is -0.199 e. The summed E-state index contributed by atoms with van der Waals surface area (Å²) in [4.78, 5) is 0. The molecule has 1 nitrogen and oxygen atoms in total. The molecule has 0 aromatic carbocycles. The topological polar surface area (TPSA) is 3.24 Å². The van der Waals surface area contributed by atoms with Crippen LogP contribution in [-0.4, -0.2) is 29.7 Å². The highest BCUT2D eigenvalue weighted by atomic mass is 19.4. The molecule has 0 amide bonds. The van der Waals surface area contributed by atoms with E-state index in [9.17, 15) is 35.3 Å². The van der Waals surface area contributed by atoms with Crippen molar-refractivity contribution in [2.45, 2.75) is 31.6 Å². The molecule has 0 spiro atoms. The zero-order valence-corrected chi connectivity index (χ0v) is 8.26. The van der Waals surface area contributed by atoms with Crippen LogP contribution in [0, 0.1) is 5.92 Å². The molecule has 0 saturated carbocycles. The summed E-state index contributed by atoms with van der Waals surface area (Å²) in [5.74, 6) is -18.6. The minimum absolute atomic E-state index is 0.590. The van der Waals surface area contributed by atoms with Crippen molar-refractivity contribution in [2.24, 2.45) is 5.92 Å². The minimum atomic E-state index is -5.84. The maximum Gasteiger partial charge on any atom is 0.373 e. The van der Waals surface area contributed by atoms with E-state index in [1.54, 1.807) is 0 Å². The molecule has 0 bridgehead atoms. The van der Waals surface area contributed by atoms with Crippen LogP contribution in [0.3, 0.4) is 0 Å². The molecule has 0 aromatic heterocycles. The monoisotopic (exact) mass is 259 g/mol. The van der Waals surface area contributed by atoms with Gasteiger partial charge in [-0.05, 0) is 0 Å². The molecular formula is C7H9F8N. The number of halogens is 8. The molecule has 0 unspecified atom stereocenters. The summed E-state index contributed by atoms with van der Waals surface area (Å²) in [6.45, 7) is -1.58. The van der Waals surface area contributed by atoms with E-state index >= 15 is 0 Å². The predicted octanol–water partition coefficient (Wildman–Crippen LogP) is 3.62. The summed E-state index contributed by atoms with van der Waals surface area (Å²) in [5, 5.41) is -2.26. The second kappa shape index (κ2) is 4.34. The average molecular weight is 259 g/mol. The standard InChI is InChI=1S/C7H9F8N/c1-4(2)6(10,11)7(12,13)5(8,9)3-16(14)15/h4H,3H2,1-2H3. The van der Waals surface area contributed by atoms with Gasteiger partial charge in [-0.15, -0.1) is 8.96 Å². The zero-order valence-electron chi connectivity index (χ0n) is 8.26. The molecule has 0 fully saturated rings. The zero-order chi connectivity index (χ0) is 13.4. The van der Waals surface area contributed by atoms with Crippen LogP contribution < -0.4 is 0 Å². The van der Waals surface area contributed by atoms with Gasteiger partial charge in [0.25, 0.3) is 0 Å². The van der Waals surface area contributed by atoms with E-state index in [2.05, 4.69) is 0 Å². The van der Waals surface area contributed by atoms with Crippen LogP contribution >= 0.6 is 0 Å². The first-order chi connectivity index (χ1) is 6.86. The van der Waals surface area contributed by atoms with Crippen LogP contribution in [0.5, 0.6) is 0 Å². The smallest absolute Gasteiger partial charge is 0.199 e. The summed E-state index contributed by atoms with van der Waals surface area (Å²) >= 11 is 0. The number of rotatable bonds is 5. The van der Waals surface area contributed by atoms with Gasteiger partial charge in [0.1, 0.15) is 6.54 Å². The first-order valence-corrected chi connectivity index (χ1v) is 4.09. The maximum absolute atomic E-state index is 12.8. The van der Waals surface area contributed by atoms with Gasteiger partial charge in [-0.2, -0.15) is 26.3 Å². The highest BCUT2D eigenvalue weighted by molar-refractivity contribution is 4.98. The maximum atomic E-state index is 12.8. The number of nitrogens with zero attached hydrogens (tertiary/aromatic N) is 1. The lowest BCUT2D eigenvalue weighted by Crippen LogP contribution is -2.59. The van der Waals surface area contributed by atoms with Gasteiger partial charge < -0.3 is 0 Å². The fraction of sp³-hybridized carbons (Fsp3) is 1.00. The van der Waals surface area contributed by atoms with Crippen molar-refractivity contribution in [1.29, 1.82) is 0 Å². The van der Waals surface area contributed by atoms with Gasteiger partial charge in [0.2, 0.25) is 0 Å². The molecule has 98 valence electrons. The predicted molar refractivity (Wildman–Crippen MR) is 38.6 cm³/mol. The van der Waals surface area contributed by atoms with E-state index in [0.717, 1.165) is 0 Å². The number of hydrogen-bond donors (Lipinski definition) is 0. The van der Waals surface area contributed by atoms with E-state index in [4.69, 9.17) is 0 Å². The molecule has 0 aromatic rings. The van der Waals surface area contributed by atoms with Crippen LogP contribution in [-0.2, 0) is 0 Å². The first-order valence-electron chi connectivity index (χ1n) is 4.09. The molecule has 16 heavy (non-hydrogen) atoms. The fourth-order valence-electron chi connectivity index (χ4n) is 0.856. The molecule has 0 aliphatic carbocycles. The van der Waals surface area contributed by atoms with Crippen molar-refractivity contribution in [3.63, 3.8) is 0 Å². The Labute approximate surface area is 85.9 Å². The Bertz CT molecular complexity index is 237. The molecule has 0 rings (SSSR count). The highest BCUT2D eigenvalue weighted by Crippen LogP contribution is 2.49. The van der Waals surface area contributed by atoms with Gasteiger partial charge in [-0.3, -0.25) is 0 Å². The number of hydrogen-bond acceptors (Lipinski definition) is 1. The van der Waals surface area contributed by atoms with E-state index in [0.29, 0.717) is 13.8 Å². The molecule has 0 N–H and O–H groups in total. The van der Waals surface area contributed by atoms with E-state index < -0.39 is 35.6 Å². The van der Waals surface area contributed by atoms with Gasteiger partial charge in [0.05, 0.1) is 0 Å². The first kappa shape index (κ1) is 15.4. The SMILES string of the molecule is CC(C)C(F)(F)C(F)(F)C(F)(F)CN(F)F. The van der Waals surface area contributed by atoms with Gasteiger partial charge in [0, 0.05) is 11.3 Å². The van der Waals surface area contributed by atoms with Gasteiger partial charge in [-0.25, -0.2) is 0 Å². The second-order valence-corrected chi connectivity index (χ2v) is 3.52. The third kappa shape index (κ3) is 2.55. The quantitative estimate of drug-likeness (QED) is 0.538. The van der Waals surface area contributed by atoms with Crippen LogP contribution in [0.1, 0.15) is 13.8 Å². The summed E-state index contributed by atoms with van der Waals surface area (Å²) in [7, 11) is 0. The largest absolute Gasteiger partial charge is 0.373 e. The summed E-state index contributed by atoms with van der Waals surface area (Å²) < 4.78 is 99.0. The lowest BCUT2D eigenvalue weighted by Gasteiger charge is -2.34. The highest BCUT2D eigenvalue weighted by Gasteiger charge is 2.72. The Balaban J connectivity index is 5.17. The van der Waals surface area contributed by atoms with Gasteiger partial charge in [0.15, 0.2) is 0 Å². The Morgan fingerprint density at radius 1 is 0.938 bits per heavy atom. The Morgan fingerprint density at radius 2 is 1.31 bits per heavy atom. The molecular weight excluding hydrogens is 250 g/mol. The Kier molecular flexibility index (Phi) is 4.18. The van der Waals surface area contributed by atoms with Crippen LogP contribution in [0.4, 0.5) is 35.3 Å². The third-order valence-electron chi connectivity index (χ3n) is 1.92. The summed E-state index contributed by atoms with van der Waals surface area (Å²) in [6.07, 6.45) is 0. The van der Waals surface area contributed by atoms with Crippen molar-refractivity contribution < 1.29 is 35.3 Å². The lowest BCUT2D eigenvalue weighted by molar-refractivity contribution is -0.340. The van der Waals surface area contributed by atoms with Crippen molar-refractivity contribution in [1.82, 2.24) is 5.34 Å². The Morgan fingerprint density at radius 3 is 1.56 bits per heavy atom. The van der Waals surface area contributed by atoms with Gasteiger partial charge in [-0.1, -0.05) is 13.8 Å². The average Bonchev–Trinajstić information content (AvgIpc) is 2.00. The molecule has 0 heterocycles. The molecule has 0 atom stereocenters.